The summed E-state index contributed by atoms with van der Waals surface area (Å²) in [5.74, 6) is -1.73. The number of benzene rings is 1. The number of aromatic nitrogens is 2. The number of amides is 1. The van der Waals surface area contributed by atoms with Crippen molar-refractivity contribution in [3.63, 3.8) is 0 Å². The van der Waals surface area contributed by atoms with E-state index in [0.29, 0.717) is 23.8 Å². The fourth-order valence-corrected chi connectivity index (χ4v) is 2.61. The zero-order valence-electron chi connectivity index (χ0n) is 12.7. The Bertz CT molecular complexity index is 981. The van der Waals surface area contributed by atoms with Gasteiger partial charge in [-0.15, -0.1) is 0 Å². The van der Waals surface area contributed by atoms with E-state index in [1.165, 1.54) is 10.6 Å². The molecule has 1 aromatic carbocycles. The van der Waals surface area contributed by atoms with Gasteiger partial charge >= 0.3 is 6.18 Å². The summed E-state index contributed by atoms with van der Waals surface area (Å²) in [6.07, 6.45) is -1.79. The lowest BCUT2D eigenvalue weighted by molar-refractivity contribution is -0.137. The minimum Gasteiger partial charge on any atom is -0.318 e. The van der Waals surface area contributed by atoms with Gasteiger partial charge in [-0.05, 0) is 31.2 Å². The van der Waals surface area contributed by atoms with Crippen molar-refractivity contribution in [3.8, 4) is 0 Å². The Hall–Kier alpha value is -2.42. The van der Waals surface area contributed by atoms with Gasteiger partial charge in [0.2, 0.25) is 0 Å². The molecule has 4 nitrogen and oxygen atoms in total. The molecule has 0 unspecified atom stereocenters. The Balaban J connectivity index is 1.97. The summed E-state index contributed by atoms with van der Waals surface area (Å²) in [5.41, 5.74) is -0.246. The second-order valence-electron chi connectivity index (χ2n) is 5.27. The highest BCUT2D eigenvalue weighted by Gasteiger charge is 2.31. The molecule has 0 saturated heterocycles. The van der Waals surface area contributed by atoms with Crippen LogP contribution < -0.4 is 5.32 Å². The number of pyridine rings is 1. The summed E-state index contributed by atoms with van der Waals surface area (Å²) in [4.78, 5) is 16.5. The van der Waals surface area contributed by atoms with Crippen molar-refractivity contribution in [3.05, 3.63) is 63.8 Å². The van der Waals surface area contributed by atoms with Crippen molar-refractivity contribution in [1.82, 2.24) is 9.38 Å². The fraction of sp³-hybridized carbons (Fsp3) is 0.125. The average Bonchev–Trinajstić information content (AvgIpc) is 2.96. The lowest BCUT2D eigenvalue weighted by Gasteiger charge is -2.11. The van der Waals surface area contributed by atoms with Gasteiger partial charge in [0.1, 0.15) is 17.2 Å². The fourth-order valence-electron chi connectivity index (χ4n) is 2.31. The molecule has 3 rings (SSSR count). The molecule has 0 radical (unpaired) electrons. The molecule has 2 heterocycles. The van der Waals surface area contributed by atoms with E-state index in [-0.39, 0.29) is 5.69 Å². The number of imidazole rings is 1. The molecular weight excluding hydrogens is 406 g/mol. The summed E-state index contributed by atoms with van der Waals surface area (Å²) >= 11 is 3.34. The maximum Gasteiger partial charge on any atom is 0.416 e. The number of rotatable bonds is 2. The molecule has 2 aromatic heterocycles. The number of fused-ring (bicyclic) bond motifs is 1. The minimum absolute atomic E-state index is 0.0717. The number of nitrogens with zero attached hydrogens (tertiary/aromatic N) is 2. The number of aryl methyl sites for hydroxylation is 1. The molecule has 1 amide bonds. The minimum atomic E-state index is -4.64. The van der Waals surface area contributed by atoms with Gasteiger partial charge in [-0.25, -0.2) is 9.37 Å². The van der Waals surface area contributed by atoms with Gasteiger partial charge in [-0.1, -0.05) is 15.9 Å². The summed E-state index contributed by atoms with van der Waals surface area (Å²) in [6, 6.07) is 3.53. The van der Waals surface area contributed by atoms with Crippen LogP contribution in [0, 0.1) is 12.7 Å². The third-order valence-electron chi connectivity index (χ3n) is 3.63. The molecule has 3 aromatic rings. The molecule has 0 fully saturated rings. The molecule has 130 valence electrons. The molecule has 1 N–H and O–H groups in total. The summed E-state index contributed by atoms with van der Waals surface area (Å²) in [5, 5.41) is 2.16. The van der Waals surface area contributed by atoms with Crippen molar-refractivity contribution in [2.75, 3.05) is 5.32 Å². The molecule has 0 spiro atoms. The number of halogens is 5. The second kappa shape index (κ2) is 6.14. The van der Waals surface area contributed by atoms with Crippen LogP contribution in [-0.2, 0) is 6.18 Å². The lowest BCUT2D eigenvalue weighted by atomic mass is 10.2. The van der Waals surface area contributed by atoms with Crippen LogP contribution >= 0.6 is 15.9 Å². The van der Waals surface area contributed by atoms with Gasteiger partial charge in [-0.3, -0.25) is 9.20 Å². The zero-order chi connectivity index (χ0) is 18.4. The standard InChI is InChI=1S/C16H10BrF4N3O/c1-8-10(17)4-5-24-13(7-22-14(8)24)15(25)23-12-6-9(16(19,20)21)2-3-11(12)18/h2-7H,1H3,(H,23,25). The predicted octanol–water partition coefficient (Wildman–Crippen LogP) is 4.82. The highest BCUT2D eigenvalue weighted by atomic mass is 79.9. The molecule has 0 aliphatic rings. The van der Waals surface area contributed by atoms with Crippen LogP contribution in [0.5, 0.6) is 0 Å². The molecule has 25 heavy (non-hydrogen) atoms. The van der Waals surface area contributed by atoms with Gasteiger partial charge in [0, 0.05) is 16.2 Å². The predicted molar refractivity (Wildman–Crippen MR) is 87.0 cm³/mol. The van der Waals surface area contributed by atoms with Crippen LogP contribution in [0.1, 0.15) is 21.6 Å². The van der Waals surface area contributed by atoms with Crippen LogP contribution in [0.3, 0.4) is 0 Å². The van der Waals surface area contributed by atoms with E-state index >= 15 is 0 Å². The quantitative estimate of drug-likeness (QED) is 0.610. The molecule has 0 atom stereocenters. The molecular formula is C16H10BrF4N3O. The van der Waals surface area contributed by atoms with E-state index in [1.807, 2.05) is 0 Å². The topological polar surface area (TPSA) is 46.4 Å². The summed E-state index contributed by atoms with van der Waals surface area (Å²) < 4.78 is 54.3. The Labute approximate surface area is 147 Å². The first kappa shape index (κ1) is 17.4. The first-order chi connectivity index (χ1) is 11.7. The Morgan fingerprint density at radius 2 is 2.00 bits per heavy atom. The van der Waals surface area contributed by atoms with Crippen molar-refractivity contribution >= 4 is 33.2 Å². The van der Waals surface area contributed by atoms with Crippen LogP contribution in [0.2, 0.25) is 0 Å². The van der Waals surface area contributed by atoms with Gasteiger partial charge < -0.3 is 5.32 Å². The van der Waals surface area contributed by atoms with Gasteiger partial charge in [0.15, 0.2) is 0 Å². The average molecular weight is 416 g/mol. The van der Waals surface area contributed by atoms with E-state index < -0.39 is 29.2 Å². The Morgan fingerprint density at radius 3 is 2.68 bits per heavy atom. The summed E-state index contributed by atoms with van der Waals surface area (Å²) in [7, 11) is 0. The molecule has 0 bridgehead atoms. The first-order valence-electron chi connectivity index (χ1n) is 6.98. The SMILES string of the molecule is Cc1c(Br)ccn2c(C(=O)Nc3cc(C(F)(F)F)ccc3F)cnc12. The van der Waals surface area contributed by atoms with E-state index in [9.17, 15) is 22.4 Å². The van der Waals surface area contributed by atoms with Gasteiger partial charge in [-0.2, -0.15) is 13.2 Å². The number of anilines is 1. The number of nitrogens with one attached hydrogen (secondary N) is 1. The lowest BCUT2D eigenvalue weighted by Crippen LogP contribution is -2.16. The molecule has 0 saturated carbocycles. The van der Waals surface area contributed by atoms with Crippen molar-refractivity contribution in [2.45, 2.75) is 13.1 Å². The Kier molecular flexibility index (Phi) is 4.28. The summed E-state index contributed by atoms with van der Waals surface area (Å²) in [6.45, 7) is 1.79. The van der Waals surface area contributed by atoms with E-state index in [1.54, 1.807) is 19.2 Å². The van der Waals surface area contributed by atoms with Crippen molar-refractivity contribution in [2.24, 2.45) is 0 Å². The van der Waals surface area contributed by atoms with Crippen LogP contribution in [0.15, 0.2) is 41.1 Å². The first-order valence-corrected chi connectivity index (χ1v) is 7.78. The third kappa shape index (κ3) is 3.23. The largest absolute Gasteiger partial charge is 0.416 e. The molecule has 0 aliphatic carbocycles. The van der Waals surface area contributed by atoms with Gasteiger partial charge in [0.25, 0.3) is 5.91 Å². The smallest absolute Gasteiger partial charge is 0.318 e. The van der Waals surface area contributed by atoms with Crippen LogP contribution in [-0.4, -0.2) is 15.3 Å². The maximum absolute atomic E-state index is 13.8. The second-order valence-corrected chi connectivity index (χ2v) is 6.13. The zero-order valence-corrected chi connectivity index (χ0v) is 14.2. The normalized spacial score (nSPS) is 11.8. The highest BCUT2D eigenvalue weighted by molar-refractivity contribution is 9.10. The number of carbonyl (C=O) groups is 1. The Morgan fingerprint density at radius 1 is 1.28 bits per heavy atom. The van der Waals surface area contributed by atoms with Crippen molar-refractivity contribution in [1.29, 1.82) is 0 Å². The van der Waals surface area contributed by atoms with E-state index in [2.05, 4.69) is 26.2 Å². The molecule has 0 aliphatic heterocycles. The van der Waals surface area contributed by atoms with E-state index in [4.69, 9.17) is 0 Å². The third-order valence-corrected chi connectivity index (χ3v) is 4.49. The number of hydrogen-bond acceptors (Lipinski definition) is 2. The number of hydrogen-bond donors (Lipinski definition) is 1. The number of alkyl halides is 3. The van der Waals surface area contributed by atoms with Crippen molar-refractivity contribution < 1.29 is 22.4 Å². The maximum atomic E-state index is 13.8. The molecule has 9 heteroatoms. The van der Waals surface area contributed by atoms with Gasteiger partial charge in [0.05, 0.1) is 17.4 Å². The van der Waals surface area contributed by atoms with Crippen LogP contribution in [0.25, 0.3) is 5.65 Å². The monoisotopic (exact) mass is 415 g/mol. The number of carbonyl (C=O) groups excluding carboxylic acids is 1. The van der Waals surface area contributed by atoms with E-state index in [0.717, 1.165) is 10.0 Å². The highest BCUT2D eigenvalue weighted by Crippen LogP contribution is 2.32. The van der Waals surface area contributed by atoms with Crippen LogP contribution in [0.4, 0.5) is 23.2 Å².